The molecule has 0 amide bonds. The molecule has 102 valence electrons. The van der Waals surface area contributed by atoms with Gasteiger partial charge in [-0.2, -0.15) is 0 Å². The molecular formula is C16H26O2. The van der Waals surface area contributed by atoms with E-state index in [-0.39, 0.29) is 11.3 Å². The van der Waals surface area contributed by atoms with Gasteiger partial charge in [0.15, 0.2) is 0 Å². The van der Waals surface area contributed by atoms with Crippen LogP contribution in [-0.4, -0.2) is 11.1 Å². The monoisotopic (exact) mass is 250 g/mol. The van der Waals surface area contributed by atoms with Crippen molar-refractivity contribution in [3.8, 4) is 0 Å². The van der Waals surface area contributed by atoms with Gasteiger partial charge in [0.1, 0.15) is 0 Å². The van der Waals surface area contributed by atoms with Crippen LogP contribution in [0.25, 0.3) is 0 Å². The molecule has 0 aliphatic heterocycles. The third-order valence-electron chi connectivity index (χ3n) is 5.88. The van der Waals surface area contributed by atoms with Gasteiger partial charge in [-0.3, -0.25) is 4.79 Å². The Hall–Kier alpha value is -0.530. The van der Waals surface area contributed by atoms with E-state index in [1.165, 1.54) is 32.1 Å². The number of rotatable bonds is 2. The second kappa shape index (κ2) is 3.98. The molecule has 0 aromatic carbocycles. The highest BCUT2D eigenvalue weighted by molar-refractivity contribution is 5.71. The minimum Gasteiger partial charge on any atom is -0.481 e. The van der Waals surface area contributed by atoms with Crippen LogP contribution in [0.1, 0.15) is 52.9 Å². The van der Waals surface area contributed by atoms with Gasteiger partial charge >= 0.3 is 5.97 Å². The van der Waals surface area contributed by atoms with Crippen molar-refractivity contribution < 1.29 is 9.90 Å². The van der Waals surface area contributed by atoms with Crippen LogP contribution in [0.3, 0.4) is 0 Å². The van der Waals surface area contributed by atoms with Crippen LogP contribution < -0.4 is 0 Å². The predicted molar refractivity (Wildman–Crippen MR) is 71.1 cm³/mol. The van der Waals surface area contributed by atoms with E-state index in [0.29, 0.717) is 17.8 Å². The van der Waals surface area contributed by atoms with Gasteiger partial charge in [-0.15, -0.1) is 0 Å². The summed E-state index contributed by atoms with van der Waals surface area (Å²) >= 11 is 0. The highest BCUT2D eigenvalue weighted by Crippen LogP contribution is 2.60. The summed E-state index contributed by atoms with van der Waals surface area (Å²) in [6, 6.07) is 0. The summed E-state index contributed by atoms with van der Waals surface area (Å²) in [5.74, 6) is 3.03. The topological polar surface area (TPSA) is 37.3 Å². The van der Waals surface area contributed by atoms with Crippen molar-refractivity contribution in [1.29, 1.82) is 0 Å². The zero-order valence-corrected chi connectivity index (χ0v) is 11.9. The Balaban J connectivity index is 1.89. The van der Waals surface area contributed by atoms with Crippen molar-refractivity contribution in [2.24, 2.45) is 40.9 Å². The zero-order chi connectivity index (χ0) is 13.1. The van der Waals surface area contributed by atoms with Gasteiger partial charge in [-0.05, 0) is 67.1 Å². The van der Waals surface area contributed by atoms with E-state index in [1.807, 2.05) is 0 Å². The number of carboxylic acid groups (broad SMARTS) is 1. The molecule has 2 heteroatoms. The van der Waals surface area contributed by atoms with Gasteiger partial charge in [0.05, 0.1) is 5.92 Å². The van der Waals surface area contributed by atoms with E-state index >= 15 is 0 Å². The molecule has 4 aliphatic rings. The van der Waals surface area contributed by atoms with Gasteiger partial charge in [0.2, 0.25) is 0 Å². The lowest BCUT2D eigenvalue weighted by atomic mass is 9.47. The third-order valence-corrected chi connectivity index (χ3v) is 5.88. The number of aliphatic carboxylic acids is 1. The maximum absolute atomic E-state index is 11.8. The van der Waals surface area contributed by atoms with Crippen LogP contribution in [0.2, 0.25) is 0 Å². The Kier molecular flexibility index (Phi) is 2.76. The van der Waals surface area contributed by atoms with Gasteiger partial charge in [-0.25, -0.2) is 0 Å². The summed E-state index contributed by atoms with van der Waals surface area (Å²) < 4.78 is 0. The Morgan fingerprint density at radius 2 is 1.44 bits per heavy atom. The molecule has 4 rings (SSSR count). The fraction of sp³-hybridized carbons (Fsp3) is 0.938. The molecule has 0 heterocycles. The van der Waals surface area contributed by atoms with Gasteiger partial charge in [0, 0.05) is 0 Å². The van der Waals surface area contributed by atoms with Crippen LogP contribution in [0.4, 0.5) is 0 Å². The van der Waals surface area contributed by atoms with E-state index in [4.69, 9.17) is 0 Å². The molecule has 4 aliphatic carbocycles. The second-order valence-corrected chi connectivity index (χ2v) is 8.19. The quantitative estimate of drug-likeness (QED) is 0.809. The Labute approximate surface area is 110 Å². The molecule has 1 N–H and O–H groups in total. The summed E-state index contributed by atoms with van der Waals surface area (Å²) in [7, 11) is 0. The SMILES string of the molecule is CC(C)(C)C(C(=O)O)C1C2CC3CC(C2)CC1C3. The normalized spacial score (nSPS) is 44.1. The largest absolute Gasteiger partial charge is 0.481 e. The van der Waals surface area contributed by atoms with Crippen LogP contribution in [0.15, 0.2) is 0 Å². The lowest BCUT2D eigenvalue weighted by Gasteiger charge is -2.57. The van der Waals surface area contributed by atoms with Crippen molar-refractivity contribution >= 4 is 5.97 Å². The molecule has 2 nitrogen and oxygen atoms in total. The van der Waals surface area contributed by atoms with Crippen molar-refractivity contribution in [2.75, 3.05) is 0 Å². The van der Waals surface area contributed by atoms with Crippen molar-refractivity contribution in [3.63, 3.8) is 0 Å². The Morgan fingerprint density at radius 3 is 1.78 bits per heavy atom. The highest BCUT2D eigenvalue weighted by atomic mass is 16.4. The van der Waals surface area contributed by atoms with Crippen molar-refractivity contribution in [2.45, 2.75) is 52.9 Å². The van der Waals surface area contributed by atoms with Crippen LogP contribution in [0.5, 0.6) is 0 Å². The minimum atomic E-state index is -0.556. The minimum absolute atomic E-state index is 0.105. The lowest BCUT2D eigenvalue weighted by Crippen LogP contribution is -2.52. The molecule has 18 heavy (non-hydrogen) atoms. The smallest absolute Gasteiger partial charge is 0.307 e. The Bertz CT molecular complexity index is 325. The number of hydrogen-bond acceptors (Lipinski definition) is 1. The number of carbonyl (C=O) groups is 1. The molecule has 0 radical (unpaired) electrons. The number of hydrogen-bond donors (Lipinski definition) is 1. The average Bonchev–Trinajstić information content (AvgIpc) is 2.19. The average molecular weight is 250 g/mol. The predicted octanol–water partition coefficient (Wildman–Crippen LogP) is 3.81. The van der Waals surface area contributed by atoms with Crippen LogP contribution in [-0.2, 0) is 4.79 Å². The first-order valence-electron chi connectivity index (χ1n) is 7.59. The summed E-state index contributed by atoms with van der Waals surface area (Å²) in [5.41, 5.74) is -0.105. The first-order chi connectivity index (χ1) is 8.36. The van der Waals surface area contributed by atoms with Crippen molar-refractivity contribution in [1.82, 2.24) is 0 Å². The first kappa shape index (κ1) is 12.5. The molecule has 1 atom stereocenters. The zero-order valence-electron chi connectivity index (χ0n) is 11.9. The summed E-state index contributed by atoms with van der Waals surface area (Å²) in [6.07, 6.45) is 6.71. The summed E-state index contributed by atoms with van der Waals surface area (Å²) in [6.45, 7) is 6.32. The standard InChI is InChI=1S/C16H26O2/c1-16(2,3)14(15(17)18)13-11-5-9-4-10(7-11)8-12(13)6-9/h9-14H,4-8H2,1-3H3,(H,17,18). The second-order valence-electron chi connectivity index (χ2n) is 8.19. The van der Waals surface area contributed by atoms with Crippen molar-refractivity contribution in [3.05, 3.63) is 0 Å². The van der Waals surface area contributed by atoms with Gasteiger partial charge < -0.3 is 5.11 Å². The molecule has 0 spiro atoms. The maximum atomic E-state index is 11.8. The van der Waals surface area contributed by atoms with Crippen LogP contribution in [0, 0.1) is 40.9 Å². The van der Waals surface area contributed by atoms with Crippen LogP contribution >= 0.6 is 0 Å². The molecular weight excluding hydrogens is 224 g/mol. The molecule has 4 saturated carbocycles. The molecule has 4 bridgehead atoms. The van der Waals surface area contributed by atoms with E-state index in [9.17, 15) is 9.90 Å². The summed E-state index contributed by atoms with van der Waals surface area (Å²) in [5, 5.41) is 9.69. The maximum Gasteiger partial charge on any atom is 0.307 e. The number of carboxylic acids is 1. The molecule has 0 aromatic rings. The van der Waals surface area contributed by atoms with Gasteiger partial charge in [0.25, 0.3) is 0 Å². The van der Waals surface area contributed by atoms with E-state index in [2.05, 4.69) is 20.8 Å². The molecule has 0 aromatic heterocycles. The van der Waals surface area contributed by atoms with Gasteiger partial charge in [-0.1, -0.05) is 20.8 Å². The lowest BCUT2D eigenvalue weighted by molar-refractivity contribution is -0.159. The fourth-order valence-electron chi connectivity index (χ4n) is 5.62. The molecule has 0 saturated heterocycles. The Morgan fingerprint density at radius 1 is 1.00 bits per heavy atom. The van der Waals surface area contributed by atoms with E-state index < -0.39 is 5.97 Å². The third kappa shape index (κ3) is 1.88. The molecule has 4 fully saturated rings. The first-order valence-corrected chi connectivity index (χ1v) is 7.59. The van der Waals surface area contributed by atoms with E-state index in [1.54, 1.807) is 0 Å². The van der Waals surface area contributed by atoms with E-state index in [0.717, 1.165) is 11.8 Å². The summed E-state index contributed by atoms with van der Waals surface area (Å²) in [4.78, 5) is 11.8. The highest BCUT2D eigenvalue weighted by Gasteiger charge is 2.54. The fourth-order valence-corrected chi connectivity index (χ4v) is 5.62. The molecule has 1 unspecified atom stereocenters.